The summed E-state index contributed by atoms with van der Waals surface area (Å²) in [5.41, 5.74) is 0.553. The summed E-state index contributed by atoms with van der Waals surface area (Å²) in [5, 5.41) is 11.3. The molecule has 0 atom stereocenters. The van der Waals surface area contributed by atoms with Gasteiger partial charge in [0.25, 0.3) is 0 Å². The SMILES string of the molecule is Cc1nnc(Sc2nc3sccn3c2C=O)n1C. The highest BCUT2D eigenvalue weighted by molar-refractivity contribution is 7.99. The Labute approximate surface area is 111 Å². The molecule has 0 spiro atoms. The van der Waals surface area contributed by atoms with Crippen molar-refractivity contribution >= 4 is 34.3 Å². The molecule has 0 aliphatic rings. The number of nitrogens with zero attached hydrogens (tertiary/aromatic N) is 5. The van der Waals surface area contributed by atoms with E-state index >= 15 is 0 Å². The summed E-state index contributed by atoms with van der Waals surface area (Å²) in [6.07, 6.45) is 2.65. The lowest BCUT2D eigenvalue weighted by molar-refractivity contribution is 0.111. The first-order chi connectivity index (χ1) is 8.70. The van der Waals surface area contributed by atoms with Crippen molar-refractivity contribution in [3.8, 4) is 0 Å². The molecule has 0 saturated carbocycles. The van der Waals surface area contributed by atoms with Crippen LogP contribution in [0.4, 0.5) is 0 Å². The molecule has 0 aromatic carbocycles. The van der Waals surface area contributed by atoms with Crippen molar-refractivity contribution in [2.45, 2.75) is 17.1 Å². The van der Waals surface area contributed by atoms with Gasteiger partial charge in [0.15, 0.2) is 16.4 Å². The van der Waals surface area contributed by atoms with Gasteiger partial charge in [0.1, 0.15) is 16.5 Å². The highest BCUT2D eigenvalue weighted by Gasteiger charge is 2.16. The molecule has 0 radical (unpaired) electrons. The first-order valence-electron chi connectivity index (χ1n) is 5.15. The highest BCUT2D eigenvalue weighted by atomic mass is 32.2. The van der Waals surface area contributed by atoms with Gasteiger partial charge in [0.05, 0.1) is 0 Å². The van der Waals surface area contributed by atoms with E-state index in [0.29, 0.717) is 10.7 Å². The van der Waals surface area contributed by atoms with Gasteiger partial charge in [-0.2, -0.15) is 0 Å². The Morgan fingerprint density at radius 3 is 2.94 bits per heavy atom. The topological polar surface area (TPSA) is 65.1 Å². The fraction of sp³-hybridized carbons (Fsp3) is 0.200. The van der Waals surface area contributed by atoms with Crippen molar-refractivity contribution in [2.75, 3.05) is 0 Å². The van der Waals surface area contributed by atoms with Crippen molar-refractivity contribution in [3.63, 3.8) is 0 Å². The molecule has 0 fully saturated rings. The first kappa shape index (κ1) is 11.4. The zero-order valence-electron chi connectivity index (χ0n) is 9.69. The summed E-state index contributed by atoms with van der Waals surface area (Å²) in [6.45, 7) is 1.88. The second-order valence-corrected chi connectivity index (χ2v) is 5.50. The van der Waals surface area contributed by atoms with Gasteiger partial charge in [-0.25, -0.2) is 4.98 Å². The third-order valence-electron chi connectivity index (χ3n) is 2.62. The number of rotatable bonds is 3. The van der Waals surface area contributed by atoms with Crippen molar-refractivity contribution in [1.82, 2.24) is 24.1 Å². The van der Waals surface area contributed by atoms with Crippen LogP contribution < -0.4 is 0 Å². The molecule has 6 nitrogen and oxygen atoms in total. The summed E-state index contributed by atoms with van der Waals surface area (Å²) in [4.78, 5) is 16.4. The van der Waals surface area contributed by atoms with E-state index in [0.717, 1.165) is 22.2 Å². The predicted octanol–water partition coefficient (Wildman–Crippen LogP) is 1.80. The Morgan fingerprint density at radius 2 is 2.28 bits per heavy atom. The van der Waals surface area contributed by atoms with Crippen LogP contribution >= 0.6 is 23.1 Å². The number of aromatic nitrogens is 5. The van der Waals surface area contributed by atoms with Crippen LogP contribution in [-0.2, 0) is 7.05 Å². The van der Waals surface area contributed by atoms with E-state index in [-0.39, 0.29) is 0 Å². The van der Waals surface area contributed by atoms with E-state index in [1.807, 2.05) is 30.1 Å². The van der Waals surface area contributed by atoms with Gasteiger partial charge >= 0.3 is 0 Å². The third kappa shape index (κ3) is 1.65. The smallest absolute Gasteiger partial charge is 0.197 e. The van der Waals surface area contributed by atoms with E-state index in [9.17, 15) is 4.79 Å². The zero-order chi connectivity index (χ0) is 12.7. The maximum Gasteiger partial charge on any atom is 0.197 e. The van der Waals surface area contributed by atoms with E-state index in [4.69, 9.17) is 0 Å². The third-order valence-corrected chi connectivity index (χ3v) is 4.41. The van der Waals surface area contributed by atoms with Crippen molar-refractivity contribution < 1.29 is 4.79 Å². The Kier molecular flexibility index (Phi) is 2.67. The van der Waals surface area contributed by atoms with Crippen LogP contribution in [0.2, 0.25) is 0 Å². The molecule has 8 heteroatoms. The number of carbonyl (C=O) groups is 1. The zero-order valence-corrected chi connectivity index (χ0v) is 11.3. The van der Waals surface area contributed by atoms with Crippen molar-refractivity contribution in [2.24, 2.45) is 7.05 Å². The molecule has 0 amide bonds. The van der Waals surface area contributed by atoms with Gasteiger partial charge in [-0.15, -0.1) is 21.5 Å². The Bertz CT molecular complexity index is 726. The number of thiazole rings is 1. The Hall–Kier alpha value is -1.67. The minimum absolute atomic E-state index is 0.553. The molecule has 3 aromatic rings. The molecule has 0 aliphatic heterocycles. The average molecular weight is 279 g/mol. The van der Waals surface area contributed by atoms with Crippen LogP contribution in [0.25, 0.3) is 4.96 Å². The van der Waals surface area contributed by atoms with Crippen molar-refractivity contribution in [3.05, 3.63) is 23.1 Å². The molecule has 3 aromatic heterocycles. The number of hydrogen-bond acceptors (Lipinski definition) is 6. The number of hydrogen-bond donors (Lipinski definition) is 0. The monoisotopic (exact) mass is 279 g/mol. The van der Waals surface area contributed by atoms with Gasteiger partial charge in [-0.3, -0.25) is 9.20 Å². The van der Waals surface area contributed by atoms with Gasteiger partial charge < -0.3 is 4.57 Å². The molecule has 3 rings (SSSR count). The number of aryl methyl sites for hydroxylation is 1. The van der Waals surface area contributed by atoms with E-state index < -0.39 is 0 Å². The molecule has 0 saturated heterocycles. The first-order valence-corrected chi connectivity index (χ1v) is 6.85. The summed E-state index contributed by atoms with van der Waals surface area (Å²) in [5.74, 6) is 0.825. The fourth-order valence-corrected chi connectivity index (χ4v) is 3.21. The summed E-state index contributed by atoms with van der Waals surface area (Å²) in [7, 11) is 1.89. The van der Waals surface area contributed by atoms with Crippen LogP contribution in [0.5, 0.6) is 0 Å². The minimum Gasteiger partial charge on any atom is -0.309 e. The van der Waals surface area contributed by atoms with Crippen LogP contribution in [0.15, 0.2) is 21.8 Å². The lowest BCUT2D eigenvalue weighted by Crippen LogP contribution is -1.94. The van der Waals surface area contributed by atoms with E-state index in [1.165, 1.54) is 23.1 Å². The molecular formula is C10H9N5OS2. The normalized spacial score (nSPS) is 11.2. The molecule has 92 valence electrons. The molecular weight excluding hydrogens is 270 g/mol. The lowest BCUT2D eigenvalue weighted by atomic mass is 10.5. The number of fused-ring (bicyclic) bond motifs is 1. The standard InChI is InChI=1S/C10H9N5OS2/c1-6-12-13-10(14(6)2)18-8-7(5-16)15-3-4-17-9(15)11-8/h3-5H,1-2H3. The lowest BCUT2D eigenvalue weighted by Gasteiger charge is -1.99. The maximum absolute atomic E-state index is 11.2. The molecule has 0 aliphatic carbocycles. The van der Waals surface area contributed by atoms with Crippen LogP contribution in [0.3, 0.4) is 0 Å². The summed E-state index contributed by atoms with van der Waals surface area (Å²) < 4.78 is 3.65. The maximum atomic E-state index is 11.2. The van der Waals surface area contributed by atoms with Crippen LogP contribution in [0, 0.1) is 6.92 Å². The quantitative estimate of drug-likeness (QED) is 0.684. The second-order valence-electron chi connectivity index (χ2n) is 3.67. The molecule has 0 N–H and O–H groups in total. The highest BCUT2D eigenvalue weighted by Crippen LogP contribution is 2.29. The average Bonchev–Trinajstić information content (AvgIpc) is 2.99. The van der Waals surface area contributed by atoms with Gasteiger partial charge in [0.2, 0.25) is 0 Å². The van der Waals surface area contributed by atoms with Gasteiger partial charge in [-0.05, 0) is 18.7 Å². The van der Waals surface area contributed by atoms with Gasteiger partial charge in [-0.1, -0.05) is 0 Å². The van der Waals surface area contributed by atoms with Crippen molar-refractivity contribution in [1.29, 1.82) is 0 Å². The Morgan fingerprint density at radius 1 is 1.44 bits per heavy atom. The Balaban J connectivity index is 2.06. The van der Waals surface area contributed by atoms with E-state index in [1.54, 1.807) is 4.40 Å². The minimum atomic E-state index is 0.553. The van der Waals surface area contributed by atoms with E-state index in [2.05, 4.69) is 15.2 Å². The number of carbonyl (C=O) groups excluding carboxylic acids is 1. The number of aldehydes is 1. The molecule has 18 heavy (non-hydrogen) atoms. The second kappa shape index (κ2) is 4.21. The largest absolute Gasteiger partial charge is 0.309 e. The molecule has 0 bridgehead atoms. The number of imidazole rings is 1. The van der Waals surface area contributed by atoms with Crippen LogP contribution in [0.1, 0.15) is 16.3 Å². The molecule has 3 heterocycles. The fourth-order valence-electron chi connectivity index (χ4n) is 1.53. The summed E-state index contributed by atoms with van der Waals surface area (Å²) in [6, 6.07) is 0. The van der Waals surface area contributed by atoms with Gasteiger partial charge in [0, 0.05) is 18.6 Å². The molecule has 0 unspecified atom stereocenters. The predicted molar refractivity (Wildman–Crippen MR) is 68.3 cm³/mol. The summed E-state index contributed by atoms with van der Waals surface area (Å²) >= 11 is 2.84. The van der Waals surface area contributed by atoms with Crippen LogP contribution in [-0.4, -0.2) is 30.4 Å².